The largest absolute Gasteiger partial charge is 0.495 e. The van der Waals surface area contributed by atoms with E-state index in [0.29, 0.717) is 6.10 Å². The molecular weight excluding hydrogens is 174 g/mol. The Morgan fingerprint density at radius 2 is 2.29 bits per heavy atom. The summed E-state index contributed by atoms with van der Waals surface area (Å²) < 4.78 is 5.82. The standard InChI is InChI=1S/C12H21NO/c1-11(9-10-13(2)3)14-12-7-5-4-6-8-12/h4-5,7,11H,6,8-10H2,1-3H3. The van der Waals surface area contributed by atoms with Crippen LogP contribution in [0.1, 0.15) is 26.2 Å². The van der Waals surface area contributed by atoms with Gasteiger partial charge in [-0.2, -0.15) is 0 Å². The summed E-state index contributed by atoms with van der Waals surface area (Å²) in [6.07, 6.45) is 9.93. The van der Waals surface area contributed by atoms with Gasteiger partial charge in [0.1, 0.15) is 0 Å². The molecule has 0 saturated heterocycles. The van der Waals surface area contributed by atoms with Crippen LogP contribution in [0, 0.1) is 0 Å². The van der Waals surface area contributed by atoms with Gasteiger partial charge in [0.15, 0.2) is 0 Å². The molecule has 0 radical (unpaired) electrons. The fraction of sp³-hybridized carbons (Fsp3) is 0.667. The molecule has 2 nitrogen and oxygen atoms in total. The molecule has 0 amide bonds. The van der Waals surface area contributed by atoms with Crippen LogP contribution in [0.5, 0.6) is 0 Å². The van der Waals surface area contributed by atoms with Gasteiger partial charge in [-0.1, -0.05) is 12.2 Å². The molecular formula is C12H21NO. The first-order valence-corrected chi connectivity index (χ1v) is 5.35. The Balaban J connectivity index is 2.22. The molecule has 1 unspecified atom stereocenters. The van der Waals surface area contributed by atoms with E-state index in [1.165, 1.54) is 0 Å². The van der Waals surface area contributed by atoms with Crippen LogP contribution in [0.4, 0.5) is 0 Å². The van der Waals surface area contributed by atoms with Crippen LogP contribution in [-0.2, 0) is 4.74 Å². The molecule has 1 aliphatic carbocycles. The van der Waals surface area contributed by atoms with Crippen molar-refractivity contribution in [1.82, 2.24) is 4.90 Å². The third kappa shape index (κ3) is 4.47. The van der Waals surface area contributed by atoms with Crippen molar-refractivity contribution in [2.24, 2.45) is 0 Å². The lowest BCUT2D eigenvalue weighted by molar-refractivity contribution is 0.109. The van der Waals surface area contributed by atoms with E-state index < -0.39 is 0 Å². The number of hydrogen-bond donors (Lipinski definition) is 0. The molecule has 2 heteroatoms. The predicted molar refractivity (Wildman–Crippen MR) is 60.2 cm³/mol. The lowest BCUT2D eigenvalue weighted by Gasteiger charge is -2.19. The summed E-state index contributed by atoms with van der Waals surface area (Å²) in [5, 5.41) is 0. The maximum Gasteiger partial charge on any atom is 0.0966 e. The van der Waals surface area contributed by atoms with Crippen LogP contribution in [0.25, 0.3) is 0 Å². The minimum absolute atomic E-state index is 0.329. The Morgan fingerprint density at radius 3 is 2.86 bits per heavy atom. The molecule has 1 rings (SSSR count). The van der Waals surface area contributed by atoms with Crippen molar-refractivity contribution in [3.63, 3.8) is 0 Å². The molecule has 14 heavy (non-hydrogen) atoms. The molecule has 80 valence electrons. The van der Waals surface area contributed by atoms with Crippen LogP contribution in [0.15, 0.2) is 24.0 Å². The molecule has 0 aromatic carbocycles. The van der Waals surface area contributed by atoms with Crippen molar-refractivity contribution < 1.29 is 4.74 Å². The Kier molecular flexibility index (Phi) is 4.74. The summed E-state index contributed by atoms with van der Waals surface area (Å²) >= 11 is 0. The molecule has 0 N–H and O–H groups in total. The summed E-state index contributed by atoms with van der Waals surface area (Å²) in [5.74, 6) is 1.14. The second kappa shape index (κ2) is 5.86. The fourth-order valence-electron chi connectivity index (χ4n) is 1.44. The van der Waals surface area contributed by atoms with Crippen molar-refractivity contribution in [3.05, 3.63) is 24.0 Å². The highest BCUT2D eigenvalue weighted by Gasteiger charge is 2.07. The van der Waals surface area contributed by atoms with Crippen LogP contribution >= 0.6 is 0 Å². The third-order valence-electron chi connectivity index (χ3n) is 2.31. The number of nitrogens with zero attached hydrogens (tertiary/aromatic N) is 1. The van der Waals surface area contributed by atoms with Gasteiger partial charge in [-0.05, 0) is 39.9 Å². The molecule has 1 aliphatic rings. The van der Waals surface area contributed by atoms with E-state index in [0.717, 1.165) is 31.6 Å². The number of allylic oxidation sites excluding steroid dienone is 4. The van der Waals surface area contributed by atoms with Crippen molar-refractivity contribution in [3.8, 4) is 0 Å². The fourth-order valence-corrected chi connectivity index (χ4v) is 1.44. The summed E-state index contributed by atoms with van der Waals surface area (Å²) in [6, 6.07) is 0. The van der Waals surface area contributed by atoms with Gasteiger partial charge in [-0.15, -0.1) is 0 Å². The second-order valence-electron chi connectivity index (χ2n) is 4.12. The molecule has 0 bridgehead atoms. The molecule has 0 fully saturated rings. The Bertz CT molecular complexity index is 218. The van der Waals surface area contributed by atoms with E-state index >= 15 is 0 Å². The SMILES string of the molecule is CC(CCN(C)C)OC1=CC=CCC1. The molecule has 0 spiro atoms. The average molecular weight is 195 g/mol. The topological polar surface area (TPSA) is 12.5 Å². The van der Waals surface area contributed by atoms with Crippen molar-refractivity contribution in [2.45, 2.75) is 32.3 Å². The first-order valence-electron chi connectivity index (χ1n) is 5.35. The van der Waals surface area contributed by atoms with Crippen molar-refractivity contribution in [2.75, 3.05) is 20.6 Å². The van der Waals surface area contributed by atoms with Gasteiger partial charge in [0.2, 0.25) is 0 Å². The quantitative estimate of drug-likeness (QED) is 0.668. The summed E-state index contributed by atoms with van der Waals surface area (Å²) in [6.45, 7) is 3.23. The first-order chi connectivity index (χ1) is 6.68. The highest BCUT2D eigenvalue weighted by molar-refractivity contribution is 5.13. The van der Waals surface area contributed by atoms with E-state index in [1.54, 1.807) is 0 Å². The Labute approximate surface area is 87.2 Å². The minimum Gasteiger partial charge on any atom is -0.495 e. The van der Waals surface area contributed by atoms with Gasteiger partial charge in [-0.25, -0.2) is 0 Å². The van der Waals surface area contributed by atoms with Gasteiger partial charge in [-0.3, -0.25) is 0 Å². The number of ether oxygens (including phenoxy) is 1. The van der Waals surface area contributed by atoms with Gasteiger partial charge in [0, 0.05) is 13.0 Å². The van der Waals surface area contributed by atoms with Gasteiger partial charge >= 0.3 is 0 Å². The van der Waals surface area contributed by atoms with Gasteiger partial charge in [0.05, 0.1) is 11.9 Å². The maximum absolute atomic E-state index is 5.82. The monoisotopic (exact) mass is 195 g/mol. The molecule has 0 aromatic heterocycles. The third-order valence-corrected chi connectivity index (χ3v) is 2.31. The van der Waals surface area contributed by atoms with E-state index in [1.807, 2.05) is 0 Å². The first kappa shape index (κ1) is 11.3. The highest BCUT2D eigenvalue weighted by Crippen LogP contribution is 2.16. The minimum atomic E-state index is 0.329. The van der Waals surface area contributed by atoms with E-state index in [2.05, 4.69) is 44.1 Å². The smallest absolute Gasteiger partial charge is 0.0966 e. The summed E-state index contributed by atoms with van der Waals surface area (Å²) in [5.41, 5.74) is 0. The zero-order chi connectivity index (χ0) is 10.4. The lowest BCUT2D eigenvalue weighted by atomic mass is 10.1. The van der Waals surface area contributed by atoms with Crippen molar-refractivity contribution in [1.29, 1.82) is 0 Å². The van der Waals surface area contributed by atoms with Crippen LogP contribution < -0.4 is 0 Å². The molecule has 0 saturated carbocycles. The molecule has 0 heterocycles. The van der Waals surface area contributed by atoms with E-state index in [-0.39, 0.29) is 0 Å². The Morgan fingerprint density at radius 1 is 1.50 bits per heavy atom. The highest BCUT2D eigenvalue weighted by atomic mass is 16.5. The van der Waals surface area contributed by atoms with E-state index in [4.69, 9.17) is 4.74 Å². The molecule has 1 atom stereocenters. The summed E-state index contributed by atoms with van der Waals surface area (Å²) in [7, 11) is 4.19. The van der Waals surface area contributed by atoms with Crippen LogP contribution in [0.2, 0.25) is 0 Å². The summed E-state index contributed by atoms with van der Waals surface area (Å²) in [4.78, 5) is 2.19. The maximum atomic E-state index is 5.82. The van der Waals surface area contributed by atoms with Gasteiger partial charge in [0.25, 0.3) is 0 Å². The van der Waals surface area contributed by atoms with Gasteiger partial charge < -0.3 is 9.64 Å². The zero-order valence-electron chi connectivity index (χ0n) is 9.49. The number of hydrogen-bond acceptors (Lipinski definition) is 2. The van der Waals surface area contributed by atoms with Crippen LogP contribution in [-0.4, -0.2) is 31.6 Å². The Hall–Kier alpha value is -0.760. The predicted octanol–water partition coefficient (Wildman–Crippen LogP) is 2.58. The van der Waals surface area contributed by atoms with Crippen LogP contribution in [0.3, 0.4) is 0 Å². The van der Waals surface area contributed by atoms with Crippen molar-refractivity contribution >= 4 is 0 Å². The number of rotatable bonds is 5. The molecule has 0 aliphatic heterocycles. The van der Waals surface area contributed by atoms with E-state index in [9.17, 15) is 0 Å². The normalized spacial score (nSPS) is 18.1. The second-order valence-corrected chi connectivity index (χ2v) is 4.12. The average Bonchev–Trinajstić information content (AvgIpc) is 2.16. The zero-order valence-corrected chi connectivity index (χ0v) is 9.49. The molecule has 0 aromatic rings. The lowest BCUT2D eigenvalue weighted by Crippen LogP contribution is -2.19.